The average molecular weight is 365 g/mol. The molecule has 0 aliphatic heterocycles. The summed E-state index contributed by atoms with van der Waals surface area (Å²) in [5.74, 6) is -0.367. The number of halogens is 1. The second-order valence-electron chi connectivity index (χ2n) is 5.49. The fourth-order valence-corrected chi connectivity index (χ4v) is 2.63. The van der Waals surface area contributed by atoms with Gasteiger partial charge in [0.15, 0.2) is 5.69 Å². The van der Waals surface area contributed by atoms with Crippen LogP contribution in [0.3, 0.4) is 0 Å². The van der Waals surface area contributed by atoms with E-state index < -0.39 is 0 Å². The van der Waals surface area contributed by atoms with Crippen LogP contribution >= 0.6 is 11.6 Å². The summed E-state index contributed by atoms with van der Waals surface area (Å²) in [5.41, 5.74) is 2.90. The van der Waals surface area contributed by atoms with E-state index in [-0.39, 0.29) is 11.6 Å². The Bertz CT molecular complexity index is 1040. The maximum atomic E-state index is 12.6. The first kappa shape index (κ1) is 16.0. The molecule has 2 aromatic heterocycles. The Morgan fingerprint density at radius 3 is 2.58 bits per heavy atom. The largest absolute Gasteiger partial charge is 0.318 e. The lowest BCUT2D eigenvalue weighted by molar-refractivity contribution is 0.102. The first-order chi connectivity index (χ1) is 12.7. The van der Waals surface area contributed by atoms with Crippen LogP contribution in [0.25, 0.3) is 16.9 Å². The Labute approximate surface area is 153 Å². The second kappa shape index (κ2) is 6.81. The number of amides is 1. The minimum Gasteiger partial charge on any atom is -0.318 e. The van der Waals surface area contributed by atoms with Crippen molar-refractivity contribution in [1.82, 2.24) is 25.2 Å². The molecule has 1 amide bonds. The molecule has 0 atom stereocenters. The van der Waals surface area contributed by atoms with Crippen molar-refractivity contribution in [3.63, 3.8) is 0 Å². The summed E-state index contributed by atoms with van der Waals surface area (Å²) < 4.78 is 1.65. The van der Waals surface area contributed by atoms with Crippen molar-refractivity contribution in [1.29, 1.82) is 0 Å². The van der Waals surface area contributed by atoms with E-state index in [2.05, 4.69) is 25.8 Å². The summed E-state index contributed by atoms with van der Waals surface area (Å²) >= 11 is 5.89. The summed E-state index contributed by atoms with van der Waals surface area (Å²) in [5, 5.41) is 18.2. The van der Waals surface area contributed by atoms with Crippen molar-refractivity contribution in [2.45, 2.75) is 0 Å². The number of hydrogen-bond acceptors (Lipinski definition) is 4. The van der Waals surface area contributed by atoms with Crippen molar-refractivity contribution in [2.24, 2.45) is 0 Å². The predicted octanol–water partition coefficient (Wildman–Crippen LogP) is 3.56. The van der Waals surface area contributed by atoms with Crippen LogP contribution in [-0.2, 0) is 0 Å². The van der Waals surface area contributed by atoms with Crippen molar-refractivity contribution in [3.05, 3.63) is 77.7 Å². The number of benzene rings is 2. The lowest BCUT2D eigenvalue weighted by atomic mass is 10.1. The van der Waals surface area contributed by atoms with Gasteiger partial charge in [0.2, 0.25) is 0 Å². The molecule has 0 bridgehead atoms. The molecule has 0 saturated heterocycles. The average Bonchev–Trinajstić information content (AvgIpc) is 3.32. The first-order valence-electron chi connectivity index (χ1n) is 7.79. The highest BCUT2D eigenvalue weighted by Gasteiger charge is 2.18. The molecule has 4 aromatic rings. The zero-order chi connectivity index (χ0) is 17.9. The SMILES string of the molecule is O=C(Nc1cnn(-c2ccc(Cl)cc2)c1)c1n[nH]nc1-c1ccccc1. The number of aromatic amines is 1. The summed E-state index contributed by atoms with van der Waals surface area (Å²) in [6.45, 7) is 0. The van der Waals surface area contributed by atoms with Gasteiger partial charge in [-0.05, 0) is 24.3 Å². The number of H-pyrrole nitrogens is 1. The summed E-state index contributed by atoms with van der Waals surface area (Å²) in [4.78, 5) is 12.6. The Balaban J connectivity index is 1.55. The number of nitrogens with one attached hydrogen (secondary N) is 2. The zero-order valence-electron chi connectivity index (χ0n) is 13.4. The fraction of sp³-hybridized carbons (Fsp3) is 0. The van der Waals surface area contributed by atoms with Crippen LogP contribution in [0.4, 0.5) is 5.69 Å². The van der Waals surface area contributed by atoms with Gasteiger partial charge in [-0.3, -0.25) is 4.79 Å². The normalized spacial score (nSPS) is 10.7. The fourth-order valence-electron chi connectivity index (χ4n) is 2.50. The number of rotatable bonds is 4. The molecule has 0 aliphatic rings. The number of aromatic nitrogens is 5. The van der Waals surface area contributed by atoms with Crippen LogP contribution in [0.2, 0.25) is 5.02 Å². The van der Waals surface area contributed by atoms with Gasteiger partial charge in [0.1, 0.15) is 5.69 Å². The number of hydrogen-bond donors (Lipinski definition) is 2. The van der Waals surface area contributed by atoms with E-state index in [1.54, 1.807) is 29.2 Å². The molecule has 128 valence electrons. The van der Waals surface area contributed by atoms with Gasteiger partial charge in [-0.15, -0.1) is 0 Å². The van der Waals surface area contributed by atoms with E-state index in [0.29, 0.717) is 16.4 Å². The molecule has 8 heteroatoms. The summed E-state index contributed by atoms with van der Waals surface area (Å²) in [7, 11) is 0. The predicted molar refractivity (Wildman–Crippen MR) is 98.3 cm³/mol. The minimum absolute atomic E-state index is 0.218. The molecule has 0 unspecified atom stereocenters. The number of nitrogens with zero attached hydrogens (tertiary/aromatic N) is 4. The van der Waals surface area contributed by atoms with E-state index in [1.807, 2.05) is 42.5 Å². The van der Waals surface area contributed by atoms with Gasteiger partial charge in [-0.2, -0.15) is 20.5 Å². The monoisotopic (exact) mass is 364 g/mol. The molecule has 2 heterocycles. The zero-order valence-corrected chi connectivity index (χ0v) is 14.2. The van der Waals surface area contributed by atoms with Crippen molar-refractivity contribution < 1.29 is 4.79 Å². The molecule has 26 heavy (non-hydrogen) atoms. The van der Waals surface area contributed by atoms with E-state index in [4.69, 9.17) is 11.6 Å². The van der Waals surface area contributed by atoms with Crippen LogP contribution < -0.4 is 5.32 Å². The Kier molecular flexibility index (Phi) is 4.20. The smallest absolute Gasteiger partial charge is 0.278 e. The Morgan fingerprint density at radius 1 is 1.04 bits per heavy atom. The van der Waals surface area contributed by atoms with Crippen LogP contribution in [0, 0.1) is 0 Å². The van der Waals surface area contributed by atoms with Gasteiger partial charge < -0.3 is 5.32 Å². The van der Waals surface area contributed by atoms with Crippen LogP contribution in [0.15, 0.2) is 67.0 Å². The van der Waals surface area contributed by atoms with E-state index >= 15 is 0 Å². The molecule has 2 aromatic carbocycles. The quantitative estimate of drug-likeness (QED) is 0.579. The van der Waals surface area contributed by atoms with Gasteiger partial charge in [0.05, 0.1) is 23.8 Å². The first-order valence-corrected chi connectivity index (χ1v) is 8.16. The molecular weight excluding hydrogens is 352 g/mol. The third-order valence-electron chi connectivity index (χ3n) is 3.74. The van der Waals surface area contributed by atoms with Crippen LogP contribution in [0.5, 0.6) is 0 Å². The molecular formula is C18H13ClN6O. The molecule has 0 saturated carbocycles. The maximum absolute atomic E-state index is 12.6. The molecule has 0 aliphatic carbocycles. The van der Waals surface area contributed by atoms with Crippen molar-refractivity contribution in [2.75, 3.05) is 5.32 Å². The van der Waals surface area contributed by atoms with E-state index in [0.717, 1.165) is 11.3 Å². The molecule has 7 nitrogen and oxygen atoms in total. The van der Waals surface area contributed by atoms with E-state index in [1.165, 1.54) is 0 Å². The molecule has 0 spiro atoms. The van der Waals surface area contributed by atoms with Gasteiger partial charge in [-0.1, -0.05) is 41.9 Å². The number of carbonyl (C=O) groups excluding carboxylic acids is 1. The minimum atomic E-state index is -0.367. The lowest BCUT2D eigenvalue weighted by Crippen LogP contribution is -2.13. The summed E-state index contributed by atoms with van der Waals surface area (Å²) in [6, 6.07) is 16.6. The third-order valence-corrected chi connectivity index (χ3v) is 3.99. The van der Waals surface area contributed by atoms with Crippen LogP contribution in [0.1, 0.15) is 10.5 Å². The standard InChI is InChI=1S/C18H13ClN6O/c19-13-6-8-15(9-7-13)25-11-14(10-20-25)21-18(26)17-16(22-24-23-17)12-4-2-1-3-5-12/h1-11H,(H,21,26)(H,22,23,24). The molecule has 0 fully saturated rings. The maximum Gasteiger partial charge on any atom is 0.278 e. The van der Waals surface area contributed by atoms with Crippen LogP contribution in [-0.4, -0.2) is 31.1 Å². The van der Waals surface area contributed by atoms with Gasteiger partial charge in [0, 0.05) is 10.6 Å². The second-order valence-corrected chi connectivity index (χ2v) is 5.93. The van der Waals surface area contributed by atoms with Gasteiger partial charge >= 0.3 is 0 Å². The Hall–Kier alpha value is -3.45. The topological polar surface area (TPSA) is 88.5 Å². The van der Waals surface area contributed by atoms with Gasteiger partial charge in [-0.25, -0.2) is 4.68 Å². The number of anilines is 1. The molecule has 4 rings (SSSR count). The number of carbonyl (C=O) groups is 1. The van der Waals surface area contributed by atoms with E-state index in [9.17, 15) is 4.79 Å². The highest BCUT2D eigenvalue weighted by atomic mass is 35.5. The van der Waals surface area contributed by atoms with Gasteiger partial charge in [0.25, 0.3) is 5.91 Å². The summed E-state index contributed by atoms with van der Waals surface area (Å²) in [6.07, 6.45) is 3.28. The molecule has 0 radical (unpaired) electrons. The third kappa shape index (κ3) is 3.20. The Morgan fingerprint density at radius 2 is 1.81 bits per heavy atom. The van der Waals surface area contributed by atoms with Crippen molar-refractivity contribution in [3.8, 4) is 16.9 Å². The highest BCUT2D eigenvalue weighted by Crippen LogP contribution is 2.20. The highest BCUT2D eigenvalue weighted by molar-refractivity contribution is 6.30. The lowest BCUT2D eigenvalue weighted by Gasteiger charge is -2.02. The van der Waals surface area contributed by atoms with Crippen molar-refractivity contribution >= 4 is 23.2 Å². The molecule has 2 N–H and O–H groups in total.